The van der Waals surface area contributed by atoms with E-state index in [2.05, 4.69) is 66.5 Å². The summed E-state index contributed by atoms with van der Waals surface area (Å²) < 4.78 is 0. The first-order chi connectivity index (χ1) is 20.0. The number of carbonyl (C=O) groups is 1. The number of hydrogen-bond acceptors (Lipinski definition) is 3. The fraction of sp³-hybridized carbons (Fsp3) is 0.432. The Balaban J connectivity index is 1.21. The van der Waals surface area contributed by atoms with Crippen LogP contribution < -0.4 is 11.1 Å². The molecule has 3 N–H and O–H groups in total. The van der Waals surface area contributed by atoms with E-state index in [1.54, 1.807) is 5.57 Å². The lowest BCUT2D eigenvalue weighted by molar-refractivity contribution is 0.0952. The van der Waals surface area contributed by atoms with Crippen LogP contribution in [0.1, 0.15) is 85.3 Å². The molecule has 1 heterocycles. The Kier molecular flexibility index (Phi) is 12.1. The number of nitrogens with one attached hydrogen (secondary N) is 1. The topological polar surface area (TPSA) is 58.4 Å². The first-order valence-corrected chi connectivity index (χ1v) is 15.7. The molecule has 1 aliphatic heterocycles. The van der Waals surface area contributed by atoms with Gasteiger partial charge in [-0.25, -0.2) is 0 Å². The summed E-state index contributed by atoms with van der Waals surface area (Å²) in [6.07, 6.45) is 11.2. The maximum Gasteiger partial charge on any atom is 0.251 e. The van der Waals surface area contributed by atoms with Crippen molar-refractivity contribution < 1.29 is 4.79 Å². The molecule has 1 saturated heterocycles. The minimum atomic E-state index is 0.0541. The number of anilines is 1. The van der Waals surface area contributed by atoms with E-state index in [-0.39, 0.29) is 5.91 Å². The quantitative estimate of drug-likeness (QED) is 0.159. The summed E-state index contributed by atoms with van der Waals surface area (Å²) in [6.45, 7) is 8.60. The summed E-state index contributed by atoms with van der Waals surface area (Å²) in [7, 11) is 0. The summed E-state index contributed by atoms with van der Waals surface area (Å²) in [6, 6.07) is 26.8. The standard InChI is InChI=1S/C37H49N3O/c1-3-12-31(27-29(2)28-33-16-7-10-19-36(33)38)15-11-24-40-25-21-32(22-26-40)34-17-8-9-18-35(34)37(41)39-23-20-30-13-5-4-6-14-30/h4-10,12-14,16-19,29,32H,3,11,15,20-28,38H2,1-2H3,(H,39,41)/b31-12+. The summed E-state index contributed by atoms with van der Waals surface area (Å²) in [5, 5.41) is 3.15. The molecule has 3 aromatic rings. The molecular weight excluding hydrogens is 502 g/mol. The molecule has 0 aliphatic carbocycles. The normalized spacial score (nSPS) is 15.5. The Morgan fingerprint density at radius 2 is 1.71 bits per heavy atom. The van der Waals surface area contributed by atoms with Gasteiger partial charge in [0.25, 0.3) is 5.91 Å². The number of amides is 1. The van der Waals surface area contributed by atoms with Gasteiger partial charge < -0.3 is 16.0 Å². The van der Waals surface area contributed by atoms with Gasteiger partial charge in [0.2, 0.25) is 0 Å². The molecular formula is C37H49N3O. The maximum absolute atomic E-state index is 13.1. The van der Waals surface area contributed by atoms with Crippen molar-refractivity contribution in [2.75, 3.05) is 31.9 Å². The zero-order valence-corrected chi connectivity index (χ0v) is 25.2. The van der Waals surface area contributed by atoms with E-state index in [0.717, 1.165) is 69.4 Å². The molecule has 41 heavy (non-hydrogen) atoms. The van der Waals surface area contributed by atoms with E-state index in [4.69, 9.17) is 5.73 Å². The summed E-state index contributed by atoms with van der Waals surface area (Å²) >= 11 is 0. The Morgan fingerprint density at radius 1 is 1.00 bits per heavy atom. The van der Waals surface area contributed by atoms with Gasteiger partial charge in [-0.2, -0.15) is 0 Å². The highest BCUT2D eigenvalue weighted by Crippen LogP contribution is 2.31. The van der Waals surface area contributed by atoms with Gasteiger partial charge in [0.1, 0.15) is 0 Å². The summed E-state index contributed by atoms with van der Waals surface area (Å²) in [5.74, 6) is 1.09. The number of nitrogen functional groups attached to an aromatic ring is 1. The second kappa shape index (κ2) is 16.2. The van der Waals surface area contributed by atoms with E-state index in [1.165, 1.54) is 29.5 Å². The van der Waals surface area contributed by atoms with Crippen molar-refractivity contribution >= 4 is 11.6 Å². The lowest BCUT2D eigenvalue weighted by Crippen LogP contribution is -2.34. The molecule has 4 rings (SSSR count). The first kappa shape index (κ1) is 30.6. The zero-order chi connectivity index (χ0) is 28.9. The van der Waals surface area contributed by atoms with Crippen LogP contribution in [0.5, 0.6) is 0 Å². The smallest absolute Gasteiger partial charge is 0.251 e. The molecule has 0 bridgehead atoms. The number of allylic oxidation sites excluding steroid dienone is 2. The third kappa shape index (κ3) is 9.60. The van der Waals surface area contributed by atoms with Crippen molar-refractivity contribution in [1.82, 2.24) is 10.2 Å². The number of carbonyl (C=O) groups excluding carboxylic acids is 1. The van der Waals surface area contributed by atoms with Crippen LogP contribution in [0.15, 0.2) is 90.5 Å². The molecule has 218 valence electrons. The molecule has 4 heteroatoms. The van der Waals surface area contributed by atoms with Gasteiger partial charge in [-0.1, -0.05) is 92.2 Å². The largest absolute Gasteiger partial charge is 0.399 e. The molecule has 0 radical (unpaired) electrons. The van der Waals surface area contributed by atoms with Crippen LogP contribution in [0.25, 0.3) is 0 Å². The highest BCUT2D eigenvalue weighted by molar-refractivity contribution is 5.95. The first-order valence-electron chi connectivity index (χ1n) is 15.7. The molecule has 0 aromatic heterocycles. The Hall–Kier alpha value is -3.37. The average molecular weight is 552 g/mol. The van der Waals surface area contributed by atoms with Crippen molar-refractivity contribution in [3.8, 4) is 0 Å². The van der Waals surface area contributed by atoms with E-state index in [1.807, 2.05) is 42.5 Å². The number of likely N-dealkylation sites (tertiary alicyclic amines) is 1. The molecule has 1 unspecified atom stereocenters. The average Bonchev–Trinajstić information content (AvgIpc) is 2.99. The van der Waals surface area contributed by atoms with Gasteiger partial charge in [0, 0.05) is 17.8 Å². The van der Waals surface area contributed by atoms with Gasteiger partial charge >= 0.3 is 0 Å². The van der Waals surface area contributed by atoms with Gasteiger partial charge in [-0.05, 0) is 112 Å². The number of nitrogens with zero attached hydrogens (tertiary/aromatic N) is 1. The van der Waals surface area contributed by atoms with Crippen LogP contribution in [-0.4, -0.2) is 37.0 Å². The second-order valence-corrected chi connectivity index (χ2v) is 11.8. The number of hydrogen-bond donors (Lipinski definition) is 2. The van der Waals surface area contributed by atoms with Crippen molar-refractivity contribution in [2.24, 2.45) is 5.92 Å². The molecule has 0 saturated carbocycles. The molecule has 1 atom stereocenters. The third-order valence-electron chi connectivity index (χ3n) is 8.47. The number of nitrogens with two attached hydrogens (primary N) is 1. The molecule has 0 spiro atoms. The van der Waals surface area contributed by atoms with Crippen LogP contribution >= 0.6 is 0 Å². The number of rotatable bonds is 14. The monoisotopic (exact) mass is 551 g/mol. The van der Waals surface area contributed by atoms with Crippen molar-refractivity contribution in [3.63, 3.8) is 0 Å². The van der Waals surface area contributed by atoms with Gasteiger partial charge in [-0.3, -0.25) is 4.79 Å². The molecule has 3 aromatic carbocycles. The lowest BCUT2D eigenvalue weighted by Gasteiger charge is -2.33. The highest BCUT2D eigenvalue weighted by atomic mass is 16.1. The van der Waals surface area contributed by atoms with Crippen LogP contribution in [0.3, 0.4) is 0 Å². The van der Waals surface area contributed by atoms with Gasteiger partial charge in [0.05, 0.1) is 0 Å². The van der Waals surface area contributed by atoms with Crippen LogP contribution in [0.2, 0.25) is 0 Å². The molecule has 1 amide bonds. The number of para-hydroxylation sites is 1. The van der Waals surface area contributed by atoms with Crippen LogP contribution in [0, 0.1) is 5.92 Å². The Morgan fingerprint density at radius 3 is 2.46 bits per heavy atom. The second-order valence-electron chi connectivity index (χ2n) is 11.8. The van der Waals surface area contributed by atoms with Crippen LogP contribution in [0.4, 0.5) is 5.69 Å². The van der Waals surface area contributed by atoms with Crippen molar-refractivity contribution in [2.45, 2.75) is 71.1 Å². The summed E-state index contributed by atoms with van der Waals surface area (Å²) in [4.78, 5) is 15.7. The maximum atomic E-state index is 13.1. The molecule has 1 fully saturated rings. The number of benzene rings is 3. The predicted octanol–water partition coefficient (Wildman–Crippen LogP) is 7.81. The van der Waals surface area contributed by atoms with Gasteiger partial charge in [-0.15, -0.1) is 0 Å². The zero-order valence-electron chi connectivity index (χ0n) is 25.2. The van der Waals surface area contributed by atoms with E-state index in [9.17, 15) is 4.79 Å². The molecule has 4 nitrogen and oxygen atoms in total. The fourth-order valence-corrected chi connectivity index (χ4v) is 6.31. The number of piperidine rings is 1. The molecule has 1 aliphatic rings. The third-order valence-corrected chi connectivity index (χ3v) is 8.47. The van der Waals surface area contributed by atoms with Crippen molar-refractivity contribution in [1.29, 1.82) is 0 Å². The van der Waals surface area contributed by atoms with Crippen molar-refractivity contribution in [3.05, 3.63) is 113 Å². The van der Waals surface area contributed by atoms with Gasteiger partial charge in [0.15, 0.2) is 0 Å². The fourth-order valence-electron chi connectivity index (χ4n) is 6.31. The minimum absolute atomic E-state index is 0.0541. The Bertz CT molecular complexity index is 1240. The van der Waals surface area contributed by atoms with E-state index >= 15 is 0 Å². The Labute approximate surface area is 248 Å². The minimum Gasteiger partial charge on any atom is -0.399 e. The predicted molar refractivity (Wildman–Crippen MR) is 173 cm³/mol. The van der Waals surface area contributed by atoms with Crippen LogP contribution in [-0.2, 0) is 12.8 Å². The summed E-state index contributed by atoms with van der Waals surface area (Å²) in [5.41, 5.74) is 13.3. The van der Waals surface area contributed by atoms with E-state index in [0.29, 0.717) is 18.4 Å². The lowest BCUT2D eigenvalue weighted by atomic mass is 9.86. The SMILES string of the molecule is CC/C=C(\CCCN1CCC(c2ccccc2C(=O)NCCc2ccccc2)CC1)CC(C)Cc1ccccc1N. The van der Waals surface area contributed by atoms with E-state index < -0.39 is 0 Å². The highest BCUT2D eigenvalue weighted by Gasteiger charge is 2.24.